The van der Waals surface area contributed by atoms with Gasteiger partial charge < -0.3 is 4.74 Å². The topological polar surface area (TPSA) is 67.4 Å². The Hall–Kier alpha value is -2.04. The largest absolute Gasteiger partial charge is 0.448 e. The highest BCUT2D eigenvalue weighted by atomic mass is 16.6. The summed E-state index contributed by atoms with van der Waals surface area (Å²) in [5.41, 5.74) is 4.15. The van der Waals surface area contributed by atoms with E-state index in [1.165, 1.54) is 0 Å². The molecule has 1 saturated carbocycles. The lowest BCUT2D eigenvalue weighted by Gasteiger charge is -2.35. The predicted molar refractivity (Wildman–Crippen MR) is 78.2 cm³/mol. The summed E-state index contributed by atoms with van der Waals surface area (Å²) in [5.74, 6) is -0.556. The van der Waals surface area contributed by atoms with Crippen LogP contribution >= 0.6 is 0 Å². The molecule has 3 rings (SSSR count). The Morgan fingerprint density at radius 2 is 1.81 bits per heavy atom. The SMILES string of the molecule is CC1(C)[C@]2(C)CC[C@]1(C(=O)NNc1ccccc1)OC2=O. The summed E-state index contributed by atoms with van der Waals surface area (Å²) in [4.78, 5) is 24.8. The third kappa shape index (κ3) is 1.63. The van der Waals surface area contributed by atoms with Gasteiger partial charge in [0.25, 0.3) is 5.91 Å². The van der Waals surface area contributed by atoms with E-state index in [4.69, 9.17) is 4.74 Å². The number of amides is 1. The third-order valence-corrected chi connectivity index (χ3v) is 5.54. The number of ether oxygens (including phenoxy) is 1. The van der Waals surface area contributed by atoms with Crippen molar-refractivity contribution in [3.8, 4) is 0 Å². The van der Waals surface area contributed by atoms with Crippen LogP contribution in [0.25, 0.3) is 0 Å². The monoisotopic (exact) mass is 288 g/mol. The van der Waals surface area contributed by atoms with Crippen molar-refractivity contribution in [1.29, 1.82) is 0 Å². The second-order valence-corrected chi connectivity index (χ2v) is 6.62. The summed E-state index contributed by atoms with van der Waals surface area (Å²) in [5, 5.41) is 0. The number of hydrogen-bond acceptors (Lipinski definition) is 4. The molecule has 112 valence electrons. The molecule has 1 aliphatic carbocycles. The fraction of sp³-hybridized carbons (Fsp3) is 0.500. The number of hydrazine groups is 1. The number of anilines is 1. The quantitative estimate of drug-likeness (QED) is 0.661. The van der Waals surface area contributed by atoms with Crippen molar-refractivity contribution in [3.05, 3.63) is 30.3 Å². The Balaban J connectivity index is 1.80. The number of para-hydroxylation sites is 1. The van der Waals surface area contributed by atoms with Gasteiger partial charge in [-0.1, -0.05) is 32.0 Å². The normalized spacial score (nSPS) is 32.6. The number of fused-ring (bicyclic) bond motifs is 2. The summed E-state index contributed by atoms with van der Waals surface area (Å²) in [6, 6.07) is 9.35. The van der Waals surface area contributed by atoms with Crippen LogP contribution in [-0.4, -0.2) is 17.5 Å². The lowest BCUT2D eigenvalue weighted by Crippen LogP contribution is -2.54. The Kier molecular flexibility index (Phi) is 2.80. The van der Waals surface area contributed by atoms with Crippen molar-refractivity contribution in [2.45, 2.75) is 39.2 Å². The molecule has 1 aliphatic heterocycles. The highest BCUT2D eigenvalue weighted by Crippen LogP contribution is 2.65. The molecule has 2 atom stereocenters. The molecule has 5 nitrogen and oxygen atoms in total. The minimum absolute atomic E-state index is 0.270. The van der Waals surface area contributed by atoms with E-state index in [1.807, 2.05) is 51.1 Å². The average molecular weight is 288 g/mol. The zero-order valence-electron chi connectivity index (χ0n) is 12.5. The first-order valence-corrected chi connectivity index (χ1v) is 7.18. The highest BCUT2D eigenvalue weighted by Gasteiger charge is 2.75. The van der Waals surface area contributed by atoms with Crippen LogP contribution in [-0.2, 0) is 14.3 Å². The Morgan fingerprint density at radius 1 is 1.14 bits per heavy atom. The number of carbonyl (C=O) groups excluding carboxylic acids is 2. The first-order chi connectivity index (χ1) is 9.83. The van der Waals surface area contributed by atoms with E-state index in [9.17, 15) is 9.59 Å². The summed E-state index contributed by atoms with van der Waals surface area (Å²) in [7, 11) is 0. The minimum Gasteiger partial charge on any atom is -0.448 e. The van der Waals surface area contributed by atoms with Crippen molar-refractivity contribution in [3.63, 3.8) is 0 Å². The van der Waals surface area contributed by atoms with Gasteiger partial charge in [0, 0.05) is 5.41 Å². The van der Waals surface area contributed by atoms with E-state index in [1.54, 1.807) is 0 Å². The maximum absolute atomic E-state index is 12.7. The highest BCUT2D eigenvalue weighted by molar-refractivity contribution is 5.96. The lowest BCUT2D eigenvalue weighted by atomic mass is 9.66. The van der Waals surface area contributed by atoms with Gasteiger partial charge in [0.2, 0.25) is 0 Å². The molecule has 2 aliphatic rings. The van der Waals surface area contributed by atoms with Crippen molar-refractivity contribution in [2.24, 2.45) is 10.8 Å². The Morgan fingerprint density at radius 3 is 2.33 bits per heavy atom. The Labute approximate surface area is 124 Å². The molecule has 1 saturated heterocycles. The molecular weight excluding hydrogens is 268 g/mol. The third-order valence-electron chi connectivity index (χ3n) is 5.54. The van der Waals surface area contributed by atoms with Gasteiger partial charge in [-0.25, -0.2) is 0 Å². The molecule has 0 radical (unpaired) electrons. The number of esters is 1. The molecule has 21 heavy (non-hydrogen) atoms. The lowest BCUT2D eigenvalue weighted by molar-refractivity contribution is -0.168. The van der Waals surface area contributed by atoms with Crippen molar-refractivity contribution >= 4 is 17.6 Å². The van der Waals surface area contributed by atoms with E-state index in [0.717, 1.165) is 5.69 Å². The van der Waals surface area contributed by atoms with Crippen LogP contribution in [0.4, 0.5) is 5.69 Å². The minimum atomic E-state index is -1.08. The van der Waals surface area contributed by atoms with Gasteiger partial charge in [-0.05, 0) is 31.9 Å². The predicted octanol–water partition coefficient (Wildman–Crippen LogP) is 2.25. The molecule has 2 bridgehead atoms. The van der Waals surface area contributed by atoms with Crippen LogP contribution < -0.4 is 10.9 Å². The molecule has 1 aromatic carbocycles. The average Bonchev–Trinajstić information content (AvgIpc) is 2.76. The maximum atomic E-state index is 12.7. The van der Waals surface area contributed by atoms with Crippen LogP contribution in [0.3, 0.4) is 0 Å². The zero-order chi connectivity index (χ0) is 15.3. The molecular formula is C16H20N2O3. The van der Waals surface area contributed by atoms with E-state index in [-0.39, 0.29) is 11.9 Å². The Bertz CT molecular complexity index is 599. The summed E-state index contributed by atoms with van der Waals surface area (Å²) < 4.78 is 5.53. The van der Waals surface area contributed by atoms with Gasteiger partial charge in [0.05, 0.1) is 11.1 Å². The fourth-order valence-corrected chi connectivity index (χ4v) is 3.50. The number of benzene rings is 1. The molecule has 2 fully saturated rings. The van der Waals surface area contributed by atoms with E-state index >= 15 is 0 Å². The molecule has 0 unspecified atom stereocenters. The van der Waals surface area contributed by atoms with E-state index < -0.39 is 16.4 Å². The van der Waals surface area contributed by atoms with Gasteiger partial charge >= 0.3 is 5.97 Å². The van der Waals surface area contributed by atoms with Gasteiger partial charge in [-0.3, -0.25) is 20.4 Å². The molecule has 1 aromatic rings. The van der Waals surface area contributed by atoms with E-state index in [2.05, 4.69) is 10.9 Å². The molecule has 0 spiro atoms. The maximum Gasteiger partial charge on any atom is 0.313 e. The molecule has 2 N–H and O–H groups in total. The molecule has 1 heterocycles. The second kappa shape index (κ2) is 4.23. The first-order valence-electron chi connectivity index (χ1n) is 7.18. The van der Waals surface area contributed by atoms with Crippen molar-refractivity contribution in [1.82, 2.24) is 5.43 Å². The van der Waals surface area contributed by atoms with Gasteiger partial charge in [0.1, 0.15) is 0 Å². The number of rotatable bonds is 3. The van der Waals surface area contributed by atoms with Crippen LogP contribution in [0.1, 0.15) is 33.6 Å². The fourth-order valence-electron chi connectivity index (χ4n) is 3.50. The zero-order valence-corrected chi connectivity index (χ0v) is 12.5. The smallest absolute Gasteiger partial charge is 0.313 e. The summed E-state index contributed by atoms with van der Waals surface area (Å²) in [6.07, 6.45) is 1.24. The number of hydrogen-bond donors (Lipinski definition) is 2. The van der Waals surface area contributed by atoms with Crippen LogP contribution in [0.15, 0.2) is 30.3 Å². The molecule has 0 aromatic heterocycles. The molecule has 5 heteroatoms. The van der Waals surface area contributed by atoms with Gasteiger partial charge in [0.15, 0.2) is 5.60 Å². The van der Waals surface area contributed by atoms with Crippen molar-refractivity contribution in [2.75, 3.05) is 5.43 Å². The molecule has 1 amide bonds. The van der Waals surface area contributed by atoms with Crippen LogP contribution in [0, 0.1) is 10.8 Å². The van der Waals surface area contributed by atoms with Crippen LogP contribution in [0.5, 0.6) is 0 Å². The van der Waals surface area contributed by atoms with Crippen molar-refractivity contribution < 1.29 is 14.3 Å². The van der Waals surface area contributed by atoms with E-state index in [0.29, 0.717) is 12.8 Å². The number of nitrogens with one attached hydrogen (secondary N) is 2. The van der Waals surface area contributed by atoms with Gasteiger partial charge in [-0.2, -0.15) is 0 Å². The van der Waals surface area contributed by atoms with Gasteiger partial charge in [-0.15, -0.1) is 0 Å². The summed E-state index contributed by atoms with van der Waals surface area (Å²) in [6.45, 7) is 5.77. The standard InChI is InChI=1S/C16H20N2O3/c1-14(2)15(3)9-10-16(14,21-13(15)20)12(19)18-17-11-7-5-4-6-8-11/h4-8,17H,9-10H2,1-3H3,(H,18,19)/t15-,16-/m1/s1. The second-order valence-electron chi connectivity index (χ2n) is 6.62. The number of carbonyl (C=O) groups is 2. The van der Waals surface area contributed by atoms with Crippen LogP contribution in [0.2, 0.25) is 0 Å². The summed E-state index contributed by atoms with van der Waals surface area (Å²) >= 11 is 0. The first kappa shape index (κ1) is 13.9.